The second-order valence-electron chi connectivity index (χ2n) is 4.24. The number of rotatable bonds is 2. The molecule has 0 aromatic heterocycles. The van der Waals surface area contributed by atoms with E-state index in [1.165, 1.54) is 12.1 Å². The lowest BCUT2D eigenvalue weighted by Crippen LogP contribution is -2.00. The Balaban J connectivity index is 2.54. The van der Waals surface area contributed by atoms with Crippen LogP contribution in [0.15, 0.2) is 23.2 Å². The Morgan fingerprint density at radius 1 is 0.905 bits per heavy atom. The zero-order valence-corrected chi connectivity index (χ0v) is 10.6. The maximum absolute atomic E-state index is 13.4. The Morgan fingerprint density at radius 3 is 2.00 bits per heavy atom. The first-order chi connectivity index (χ1) is 9.82. The van der Waals surface area contributed by atoms with E-state index in [0.717, 1.165) is 6.21 Å². The summed E-state index contributed by atoms with van der Waals surface area (Å²) in [7, 11) is 0. The predicted octanol–water partition coefficient (Wildman–Crippen LogP) is 4.15. The highest BCUT2D eigenvalue weighted by Crippen LogP contribution is 2.29. The summed E-state index contributed by atoms with van der Waals surface area (Å²) in [5, 5.41) is 9.52. The minimum Gasteiger partial charge on any atom is -0.507 e. The molecule has 0 radical (unpaired) electrons. The van der Waals surface area contributed by atoms with Crippen molar-refractivity contribution in [3.63, 3.8) is 0 Å². The molecule has 0 saturated heterocycles. The van der Waals surface area contributed by atoms with E-state index < -0.39 is 34.8 Å². The maximum Gasteiger partial charge on any atom is 0.200 e. The van der Waals surface area contributed by atoms with Gasteiger partial charge in [-0.15, -0.1) is 0 Å². The average molecular weight is 301 g/mol. The van der Waals surface area contributed by atoms with Crippen LogP contribution in [0.2, 0.25) is 0 Å². The topological polar surface area (TPSA) is 32.6 Å². The van der Waals surface area contributed by atoms with E-state index in [9.17, 15) is 27.1 Å². The third-order valence-corrected chi connectivity index (χ3v) is 2.70. The molecule has 0 atom stereocenters. The molecule has 0 amide bonds. The van der Waals surface area contributed by atoms with E-state index in [1.807, 2.05) is 0 Å². The standard InChI is InChI=1S/C14H8F5NO/c1-6-2-3-8(21)7(4-6)5-20-14-12(18)10(16)9(15)11(17)13(14)19/h2-5,21H,1H3. The molecule has 0 saturated carbocycles. The molecule has 0 aliphatic carbocycles. The number of hydrogen-bond acceptors (Lipinski definition) is 2. The van der Waals surface area contributed by atoms with E-state index in [1.54, 1.807) is 13.0 Å². The summed E-state index contributed by atoms with van der Waals surface area (Å²) in [5.41, 5.74) is -0.516. The number of aryl methyl sites for hydroxylation is 1. The summed E-state index contributed by atoms with van der Waals surface area (Å²) in [5.74, 6) is -10.7. The van der Waals surface area contributed by atoms with Gasteiger partial charge in [-0.1, -0.05) is 11.6 Å². The molecule has 2 aromatic carbocycles. The zero-order chi connectivity index (χ0) is 15.7. The zero-order valence-electron chi connectivity index (χ0n) is 10.6. The summed E-state index contributed by atoms with van der Waals surface area (Å²) in [6.45, 7) is 1.69. The fourth-order valence-electron chi connectivity index (χ4n) is 1.62. The van der Waals surface area contributed by atoms with Gasteiger partial charge in [0.25, 0.3) is 0 Å². The minimum absolute atomic E-state index is 0.0824. The Labute approximate surface area is 116 Å². The fourth-order valence-corrected chi connectivity index (χ4v) is 1.62. The lowest BCUT2D eigenvalue weighted by Gasteiger charge is -2.04. The van der Waals surface area contributed by atoms with Crippen molar-refractivity contribution < 1.29 is 27.1 Å². The Bertz CT molecular complexity index is 714. The van der Waals surface area contributed by atoms with Gasteiger partial charge in [0.05, 0.1) is 0 Å². The molecule has 7 heteroatoms. The minimum atomic E-state index is -2.25. The van der Waals surface area contributed by atoms with Crippen LogP contribution in [-0.4, -0.2) is 11.3 Å². The Kier molecular flexibility index (Phi) is 3.93. The lowest BCUT2D eigenvalue weighted by molar-refractivity contribution is 0.381. The Hall–Kier alpha value is -2.44. The van der Waals surface area contributed by atoms with Gasteiger partial charge in [-0.25, -0.2) is 26.9 Å². The first-order valence-electron chi connectivity index (χ1n) is 5.68. The van der Waals surface area contributed by atoms with Crippen molar-refractivity contribution in [2.45, 2.75) is 6.92 Å². The van der Waals surface area contributed by atoms with Gasteiger partial charge in [-0.05, 0) is 19.1 Å². The van der Waals surface area contributed by atoms with Crippen LogP contribution in [0.1, 0.15) is 11.1 Å². The van der Waals surface area contributed by atoms with Crippen LogP contribution in [0.4, 0.5) is 27.6 Å². The van der Waals surface area contributed by atoms with E-state index in [0.29, 0.717) is 5.56 Å². The van der Waals surface area contributed by atoms with Crippen molar-refractivity contribution in [2.75, 3.05) is 0 Å². The molecule has 0 aliphatic rings. The van der Waals surface area contributed by atoms with Crippen molar-refractivity contribution in [1.29, 1.82) is 0 Å². The average Bonchev–Trinajstić information content (AvgIpc) is 2.46. The van der Waals surface area contributed by atoms with Crippen molar-refractivity contribution in [2.24, 2.45) is 4.99 Å². The predicted molar refractivity (Wildman–Crippen MR) is 66.3 cm³/mol. The van der Waals surface area contributed by atoms with Gasteiger partial charge in [-0.3, -0.25) is 0 Å². The third-order valence-electron chi connectivity index (χ3n) is 2.70. The summed E-state index contributed by atoms with van der Waals surface area (Å²) in [6.07, 6.45) is 0.820. The summed E-state index contributed by atoms with van der Waals surface area (Å²) < 4.78 is 65.6. The van der Waals surface area contributed by atoms with Gasteiger partial charge in [-0.2, -0.15) is 0 Å². The van der Waals surface area contributed by atoms with Crippen molar-refractivity contribution in [3.05, 3.63) is 58.4 Å². The highest BCUT2D eigenvalue weighted by atomic mass is 19.2. The number of phenols is 1. The summed E-state index contributed by atoms with van der Waals surface area (Å²) in [4.78, 5) is 3.26. The van der Waals surface area contributed by atoms with Gasteiger partial charge >= 0.3 is 0 Å². The van der Waals surface area contributed by atoms with Crippen LogP contribution in [0, 0.1) is 36.0 Å². The molecule has 2 rings (SSSR count). The Morgan fingerprint density at radius 2 is 1.43 bits per heavy atom. The van der Waals surface area contributed by atoms with Crippen molar-refractivity contribution in [1.82, 2.24) is 0 Å². The summed E-state index contributed by atoms with van der Waals surface area (Å²) in [6, 6.07) is 4.32. The first kappa shape index (κ1) is 15.0. The number of phenolic OH excluding ortho intramolecular Hbond substituents is 1. The normalized spacial score (nSPS) is 11.3. The van der Waals surface area contributed by atoms with Crippen LogP contribution >= 0.6 is 0 Å². The van der Waals surface area contributed by atoms with Gasteiger partial charge < -0.3 is 5.11 Å². The molecule has 0 heterocycles. The van der Waals surface area contributed by atoms with Crippen LogP contribution < -0.4 is 0 Å². The van der Waals surface area contributed by atoms with Crippen molar-refractivity contribution >= 4 is 11.9 Å². The monoisotopic (exact) mass is 301 g/mol. The molecule has 0 unspecified atom stereocenters. The first-order valence-corrected chi connectivity index (χ1v) is 5.68. The fraction of sp³-hybridized carbons (Fsp3) is 0.0714. The largest absolute Gasteiger partial charge is 0.507 e. The van der Waals surface area contributed by atoms with E-state index in [4.69, 9.17) is 0 Å². The highest BCUT2D eigenvalue weighted by Gasteiger charge is 2.25. The van der Waals surface area contributed by atoms with Gasteiger partial charge in [0.1, 0.15) is 11.4 Å². The maximum atomic E-state index is 13.4. The molecular formula is C14H8F5NO. The van der Waals surface area contributed by atoms with Crippen LogP contribution in [-0.2, 0) is 0 Å². The van der Waals surface area contributed by atoms with Crippen molar-refractivity contribution in [3.8, 4) is 5.75 Å². The SMILES string of the molecule is Cc1ccc(O)c(C=Nc2c(F)c(F)c(F)c(F)c2F)c1. The number of nitrogens with zero attached hydrogens (tertiary/aromatic N) is 1. The quantitative estimate of drug-likeness (QED) is 0.384. The number of aromatic hydroxyl groups is 1. The smallest absolute Gasteiger partial charge is 0.200 e. The molecule has 0 bridgehead atoms. The molecule has 0 fully saturated rings. The second kappa shape index (κ2) is 5.51. The molecule has 1 N–H and O–H groups in total. The van der Waals surface area contributed by atoms with Gasteiger partial charge in [0, 0.05) is 11.8 Å². The number of halogens is 5. The molecule has 110 valence electrons. The molecular weight excluding hydrogens is 293 g/mol. The molecule has 2 nitrogen and oxygen atoms in total. The number of hydrogen-bond donors (Lipinski definition) is 1. The molecule has 2 aromatic rings. The third kappa shape index (κ3) is 2.72. The van der Waals surface area contributed by atoms with Crippen LogP contribution in [0.25, 0.3) is 0 Å². The van der Waals surface area contributed by atoms with Crippen LogP contribution in [0.5, 0.6) is 5.75 Å². The van der Waals surface area contributed by atoms with E-state index >= 15 is 0 Å². The number of aliphatic imine (C=N–C) groups is 1. The van der Waals surface area contributed by atoms with E-state index in [-0.39, 0.29) is 11.3 Å². The van der Waals surface area contributed by atoms with Gasteiger partial charge in [0.15, 0.2) is 23.3 Å². The highest BCUT2D eigenvalue weighted by molar-refractivity contribution is 5.85. The van der Waals surface area contributed by atoms with E-state index in [2.05, 4.69) is 4.99 Å². The second-order valence-corrected chi connectivity index (χ2v) is 4.24. The summed E-state index contributed by atoms with van der Waals surface area (Å²) >= 11 is 0. The number of benzene rings is 2. The van der Waals surface area contributed by atoms with Gasteiger partial charge in [0.2, 0.25) is 5.82 Å². The lowest BCUT2D eigenvalue weighted by atomic mass is 10.1. The van der Waals surface area contributed by atoms with Crippen LogP contribution in [0.3, 0.4) is 0 Å². The molecule has 0 spiro atoms. The molecule has 21 heavy (non-hydrogen) atoms. The molecule has 0 aliphatic heterocycles.